The zero-order valence-electron chi connectivity index (χ0n) is 16.3. The first-order chi connectivity index (χ1) is 13.7. The van der Waals surface area contributed by atoms with Gasteiger partial charge in [-0.2, -0.15) is 0 Å². The maximum absolute atomic E-state index is 12.2. The molecule has 0 bridgehead atoms. The van der Waals surface area contributed by atoms with E-state index < -0.39 is 6.09 Å². The molecule has 0 aliphatic heterocycles. The number of hydrogen-bond acceptors (Lipinski definition) is 2. The minimum Gasteiger partial charge on any atom is -0.449 e. The van der Waals surface area contributed by atoms with Gasteiger partial charge in [0.15, 0.2) is 0 Å². The van der Waals surface area contributed by atoms with Crippen molar-refractivity contribution in [3.8, 4) is 0 Å². The molecule has 3 heteroatoms. The summed E-state index contributed by atoms with van der Waals surface area (Å²) in [5.41, 5.74) is 3.29. The summed E-state index contributed by atoms with van der Waals surface area (Å²) in [5, 5.41) is 2.78. The number of carbonyl (C=O) groups is 1. The summed E-state index contributed by atoms with van der Waals surface area (Å²) in [7, 11) is 0. The summed E-state index contributed by atoms with van der Waals surface area (Å²) in [5.74, 6) is 0.638. The lowest BCUT2D eigenvalue weighted by atomic mass is 9.88. The van der Waals surface area contributed by atoms with Gasteiger partial charge in [-0.25, -0.2) is 4.79 Å². The fraction of sp³-hybridized carbons (Fsp3) is 0.240. The molecule has 2 atom stereocenters. The molecule has 0 aliphatic rings. The zero-order chi connectivity index (χ0) is 19.6. The van der Waals surface area contributed by atoms with E-state index in [0.29, 0.717) is 12.5 Å². The van der Waals surface area contributed by atoms with E-state index in [1.165, 1.54) is 11.1 Å². The molecule has 3 rings (SSSR count). The molecule has 1 N–H and O–H groups in total. The van der Waals surface area contributed by atoms with E-state index in [-0.39, 0.29) is 5.92 Å². The van der Waals surface area contributed by atoms with Crippen molar-refractivity contribution in [2.45, 2.75) is 31.6 Å². The van der Waals surface area contributed by atoms with Crippen molar-refractivity contribution in [1.82, 2.24) is 0 Å². The molecule has 0 fully saturated rings. The molecular weight excluding hydrogens is 346 g/mol. The first-order valence-electron chi connectivity index (χ1n) is 9.81. The molecule has 28 heavy (non-hydrogen) atoms. The van der Waals surface area contributed by atoms with Gasteiger partial charge in [-0.3, -0.25) is 5.32 Å². The van der Waals surface area contributed by atoms with Gasteiger partial charge in [0, 0.05) is 11.6 Å². The summed E-state index contributed by atoms with van der Waals surface area (Å²) in [6.45, 7) is 2.62. The van der Waals surface area contributed by atoms with Gasteiger partial charge in [0.1, 0.15) is 6.61 Å². The van der Waals surface area contributed by atoms with Crippen LogP contribution in [-0.2, 0) is 4.74 Å². The molecule has 3 nitrogen and oxygen atoms in total. The number of para-hydroxylation sites is 1. The van der Waals surface area contributed by atoms with E-state index in [2.05, 4.69) is 48.6 Å². The van der Waals surface area contributed by atoms with Crippen LogP contribution in [0, 0.1) is 0 Å². The SMILES string of the molecule is CC(CCC(COC(=O)Nc1ccccc1)c1ccccc1)c1ccccc1. The van der Waals surface area contributed by atoms with Gasteiger partial charge in [-0.05, 0) is 42.0 Å². The Balaban J connectivity index is 1.58. The second-order valence-electron chi connectivity index (χ2n) is 7.09. The molecule has 0 spiro atoms. The molecule has 0 aliphatic carbocycles. The van der Waals surface area contributed by atoms with Crippen molar-refractivity contribution in [3.63, 3.8) is 0 Å². The Morgan fingerprint density at radius 3 is 1.93 bits per heavy atom. The third-order valence-corrected chi connectivity index (χ3v) is 5.02. The summed E-state index contributed by atoms with van der Waals surface area (Å²) in [4.78, 5) is 12.2. The highest BCUT2D eigenvalue weighted by atomic mass is 16.5. The van der Waals surface area contributed by atoms with Crippen LogP contribution in [0.5, 0.6) is 0 Å². The molecule has 0 heterocycles. The lowest BCUT2D eigenvalue weighted by Crippen LogP contribution is -2.18. The summed E-state index contributed by atoms with van der Waals surface area (Å²) < 4.78 is 5.55. The van der Waals surface area contributed by atoms with E-state index in [1.807, 2.05) is 54.6 Å². The molecule has 0 saturated carbocycles. The van der Waals surface area contributed by atoms with E-state index in [1.54, 1.807) is 0 Å². The van der Waals surface area contributed by atoms with Crippen molar-refractivity contribution in [3.05, 3.63) is 102 Å². The highest BCUT2D eigenvalue weighted by Gasteiger charge is 2.16. The Morgan fingerprint density at radius 1 is 0.786 bits per heavy atom. The quantitative estimate of drug-likeness (QED) is 0.483. The van der Waals surface area contributed by atoms with Gasteiger partial charge in [-0.15, -0.1) is 0 Å². The number of rotatable bonds is 8. The summed E-state index contributed by atoms with van der Waals surface area (Å²) in [6.07, 6.45) is 1.58. The number of carbonyl (C=O) groups excluding carboxylic acids is 1. The van der Waals surface area contributed by atoms with Crippen molar-refractivity contribution >= 4 is 11.8 Å². The van der Waals surface area contributed by atoms with Crippen molar-refractivity contribution in [1.29, 1.82) is 0 Å². The fourth-order valence-electron chi connectivity index (χ4n) is 3.32. The summed E-state index contributed by atoms with van der Waals surface area (Å²) in [6, 6.07) is 30.2. The molecule has 3 aromatic rings. The minimum atomic E-state index is -0.414. The van der Waals surface area contributed by atoms with Gasteiger partial charge in [0.2, 0.25) is 0 Å². The average Bonchev–Trinajstić information content (AvgIpc) is 2.75. The van der Waals surface area contributed by atoms with E-state index in [9.17, 15) is 4.79 Å². The normalized spacial score (nSPS) is 12.8. The van der Waals surface area contributed by atoms with Crippen LogP contribution in [0.25, 0.3) is 0 Å². The molecule has 0 aromatic heterocycles. The molecule has 0 saturated heterocycles. The summed E-state index contributed by atoms with van der Waals surface area (Å²) >= 11 is 0. The predicted octanol–water partition coefficient (Wildman–Crippen LogP) is 6.60. The second-order valence-corrected chi connectivity index (χ2v) is 7.09. The Morgan fingerprint density at radius 2 is 1.32 bits per heavy atom. The number of amides is 1. The number of anilines is 1. The highest BCUT2D eigenvalue weighted by Crippen LogP contribution is 2.28. The molecule has 0 radical (unpaired) electrons. The van der Waals surface area contributed by atoms with Crippen LogP contribution in [0.2, 0.25) is 0 Å². The Hall–Kier alpha value is -3.07. The van der Waals surface area contributed by atoms with Gasteiger partial charge >= 0.3 is 6.09 Å². The first kappa shape index (κ1) is 19.7. The maximum atomic E-state index is 12.2. The van der Waals surface area contributed by atoms with Crippen LogP contribution in [-0.4, -0.2) is 12.7 Å². The second kappa shape index (κ2) is 10.3. The third-order valence-electron chi connectivity index (χ3n) is 5.02. The van der Waals surface area contributed by atoms with E-state index in [0.717, 1.165) is 18.5 Å². The van der Waals surface area contributed by atoms with Crippen LogP contribution in [0.4, 0.5) is 10.5 Å². The third kappa shape index (κ3) is 5.98. The Labute approximate surface area is 167 Å². The molecule has 3 aromatic carbocycles. The monoisotopic (exact) mass is 373 g/mol. The smallest absolute Gasteiger partial charge is 0.411 e. The standard InChI is InChI=1S/C25H27NO2/c1-20(21-11-5-2-6-12-21)17-18-23(22-13-7-3-8-14-22)19-28-25(27)26-24-15-9-4-10-16-24/h2-16,20,23H,17-19H2,1H3,(H,26,27). The van der Waals surface area contributed by atoms with Crippen LogP contribution in [0.3, 0.4) is 0 Å². The predicted molar refractivity (Wildman–Crippen MR) is 115 cm³/mol. The van der Waals surface area contributed by atoms with E-state index >= 15 is 0 Å². The molecule has 1 amide bonds. The highest BCUT2D eigenvalue weighted by molar-refractivity contribution is 5.84. The molecule has 2 unspecified atom stereocenters. The first-order valence-corrected chi connectivity index (χ1v) is 9.81. The van der Waals surface area contributed by atoms with E-state index in [4.69, 9.17) is 4.74 Å². The number of hydrogen-bond donors (Lipinski definition) is 1. The van der Waals surface area contributed by atoms with Crippen molar-refractivity contribution < 1.29 is 9.53 Å². The molecule has 144 valence electrons. The van der Waals surface area contributed by atoms with Crippen LogP contribution in [0.1, 0.15) is 42.7 Å². The number of ether oxygens (including phenoxy) is 1. The van der Waals surface area contributed by atoms with Gasteiger partial charge in [0.25, 0.3) is 0 Å². The van der Waals surface area contributed by atoms with Crippen LogP contribution in [0.15, 0.2) is 91.0 Å². The Bertz CT molecular complexity index is 834. The number of nitrogens with one attached hydrogen (secondary N) is 1. The maximum Gasteiger partial charge on any atom is 0.411 e. The largest absolute Gasteiger partial charge is 0.449 e. The van der Waals surface area contributed by atoms with Crippen LogP contribution < -0.4 is 5.32 Å². The van der Waals surface area contributed by atoms with Crippen LogP contribution >= 0.6 is 0 Å². The zero-order valence-corrected chi connectivity index (χ0v) is 16.3. The Kier molecular flexibility index (Phi) is 7.25. The topological polar surface area (TPSA) is 38.3 Å². The van der Waals surface area contributed by atoms with Gasteiger partial charge < -0.3 is 4.74 Å². The lowest BCUT2D eigenvalue weighted by Gasteiger charge is -2.20. The van der Waals surface area contributed by atoms with Gasteiger partial charge in [-0.1, -0.05) is 85.8 Å². The van der Waals surface area contributed by atoms with Crippen molar-refractivity contribution in [2.75, 3.05) is 11.9 Å². The molecular formula is C25H27NO2. The fourth-order valence-corrected chi connectivity index (χ4v) is 3.32. The average molecular weight is 373 g/mol. The number of benzene rings is 3. The van der Waals surface area contributed by atoms with Gasteiger partial charge in [0.05, 0.1) is 0 Å². The lowest BCUT2D eigenvalue weighted by molar-refractivity contribution is 0.151. The van der Waals surface area contributed by atoms with Crippen molar-refractivity contribution in [2.24, 2.45) is 0 Å². The minimum absolute atomic E-state index is 0.175.